The molecule has 7 nitrogen and oxygen atoms in total. The number of halogens is 1. The van der Waals surface area contributed by atoms with E-state index in [9.17, 15) is 4.39 Å². The monoisotopic (exact) mass is 373 g/mol. The predicted octanol–water partition coefficient (Wildman–Crippen LogP) is 0.333. The van der Waals surface area contributed by atoms with Crippen LogP contribution >= 0.6 is 0 Å². The van der Waals surface area contributed by atoms with Crippen molar-refractivity contribution in [1.82, 2.24) is 14.9 Å². The van der Waals surface area contributed by atoms with Crippen molar-refractivity contribution in [3.05, 3.63) is 41.6 Å². The second kappa shape index (κ2) is 7.87. The molecule has 0 amide bonds. The number of ether oxygens (including phenoxy) is 1. The zero-order valence-electron chi connectivity index (χ0n) is 15.9. The summed E-state index contributed by atoms with van der Waals surface area (Å²) < 4.78 is 19.6. The molecule has 144 valence electrons. The van der Waals surface area contributed by atoms with E-state index in [1.165, 1.54) is 18.5 Å². The van der Waals surface area contributed by atoms with E-state index in [4.69, 9.17) is 15.9 Å². The van der Waals surface area contributed by atoms with Crippen molar-refractivity contribution >= 4 is 17.2 Å². The molecule has 1 fully saturated rings. The molecule has 0 spiro atoms. The van der Waals surface area contributed by atoms with E-state index in [0.29, 0.717) is 17.0 Å². The number of benzene rings is 1. The average molecular weight is 373 g/mol. The highest BCUT2D eigenvalue weighted by molar-refractivity contribution is 6.11. The fraction of sp³-hybridized carbons (Fsp3) is 0.421. The van der Waals surface area contributed by atoms with Gasteiger partial charge in [-0.25, -0.2) is 14.4 Å². The summed E-state index contributed by atoms with van der Waals surface area (Å²) >= 11 is 0. The molecule has 3 rings (SSSR count). The summed E-state index contributed by atoms with van der Waals surface area (Å²) in [6.07, 6.45) is 1.32. The maximum Gasteiger partial charge on any atom is 0.232 e. The molecular formula is C19H26FN6O+. The van der Waals surface area contributed by atoms with E-state index in [1.54, 1.807) is 0 Å². The topological polar surface area (TPSA) is 93.1 Å². The molecule has 4 N–H and O–H groups in total. The van der Waals surface area contributed by atoms with Crippen molar-refractivity contribution < 1.29 is 14.5 Å². The van der Waals surface area contributed by atoms with Crippen molar-refractivity contribution in [2.45, 2.75) is 20.0 Å². The Morgan fingerprint density at radius 2 is 1.89 bits per heavy atom. The minimum atomic E-state index is -0.515. The van der Waals surface area contributed by atoms with Gasteiger partial charge >= 0.3 is 0 Å². The van der Waals surface area contributed by atoms with E-state index >= 15 is 0 Å². The van der Waals surface area contributed by atoms with Crippen molar-refractivity contribution in [1.29, 1.82) is 0 Å². The Morgan fingerprint density at radius 3 is 2.56 bits per heavy atom. The van der Waals surface area contributed by atoms with Crippen LogP contribution in [0, 0.1) is 5.82 Å². The Labute approximate surface area is 158 Å². The molecule has 1 aliphatic rings. The van der Waals surface area contributed by atoms with Crippen LogP contribution in [0.4, 0.5) is 15.9 Å². The molecular weight excluding hydrogens is 347 g/mol. The third-order valence-electron chi connectivity index (χ3n) is 4.51. The maximum absolute atomic E-state index is 14.1. The number of nitrogens with two attached hydrogens (primary N) is 2. The minimum Gasteiger partial charge on any atom is -0.488 e. The summed E-state index contributed by atoms with van der Waals surface area (Å²) in [6, 6.07) is 4.59. The lowest BCUT2D eigenvalue weighted by atomic mass is 10.0. The summed E-state index contributed by atoms with van der Waals surface area (Å²) in [5, 5.41) is 6.33. The molecule has 1 aromatic heterocycles. The highest BCUT2D eigenvalue weighted by Crippen LogP contribution is 2.26. The zero-order chi connectivity index (χ0) is 19.6. The summed E-state index contributed by atoms with van der Waals surface area (Å²) in [4.78, 5) is 13.1. The Balaban J connectivity index is 1.89. The Morgan fingerprint density at radius 1 is 1.19 bits per heavy atom. The van der Waals surface area contributed by atoms with Crippen LogP contribution in [0.2, 0.25) is 0 Å². The van der Waals surface area contributed by atoms with Crippen LogP contribution in [0.5, 0.6) is 5.75 Å². The maximum atomic E-state index is 14.1. The minimum absolute atomic E-state index is 0.116. The van der Waals surface area contributed by atoms with Gasteiger partial charge in [0.05, 0.1) is 11.7 Å². The fourth-order valence-corrected chi connectivity index (χ4v) is 2.99. The lowest BCUT2D eigenvalue weighted by molar-refractivity contribution is -0.111. The van der Waals surface area contributed by atoms with Crippen molar-refractivity contribution in [2.75, 3.05) is 43.9 Å². The van der Waals surface area contributed by atoms with Crippen LogP contribution in [0.15, 0.2) is 24.5 Å². The molecule has 0 radical (unpaired) electrons. The van der Waals surface area contributed by atoms with E-state index in [2.05, 4.69) is 26.8 Å². The van der Waals surface area contributed by atoms with Crippen LogP contribution in [-0.2, 0) is 0 Å². The number of nitrogen functional groups attached to an aromatic ring is 1. The molecule has 8 heteroatoms. The second-order valence-electron chi connectivity index (χ2n) is 7.00. The average Bonchev–Trinajstić information content (AvgIpc) is 2.64. The Bertz CT molecular complexity index is 833. The van der Waals surface area contributed by atoms with E-state index in [1.807, 2.05) is 19.9 Å². The van der Waals surface area contributed by atoms with E-state index < -0.39 is 5.82 Å². The molecule has 0 saturated carbocycles. The van der Waals surface area contributed by atoms with Crippen molar-refractivity contribution in [2.24, 2.45) is 0 Å². The third-order valence-corrected chi connectivity index (χ3v) is 4.51. The first-order valence-electron chi connectivity index (χ1n) is 8.99. The van der Waals surface area contributed by atoms with Crippen LogP contribution in [0.25, 0.3) is 0 Å². The first kappa shape index (κ1) is 19.0. The smallest absolute Gasteiger partial charge is 0.232 e. The van der Waals surface area contributed by atoms with Gasteiger partial charge in [-0.3, -0.25) is 5.41 Å². The van der Waals surface area contributed by atoms with Gasteiger partial charge in [-0.1, -0.05) is 0 Å². The number of likely N-dealkylation sites (N-methyl/N-ethyl adjacent to an activating group) is 1. The molecule has 1 aromatic carbocycles. The first-order chi connectivity index (χ1) is 12.8. The van der Waals surface area contributed by atoms with Gasteiger partial charge in [0.1, 0.15) is 17.8 Å². The normalized spacial score (nSPS) is 15.2. The molecule has 0 unspecified atom stereocenters. The number of piperazine rings is 1. The zero-order valence-corrected chi connectivity index (χ0v) is 15.9. The number of hydrogen-bond donors (Lipinski definition) is 2. The Kier molecular flexibility index (Phi) is 5.55. The summed E-state index contributed by atoms with van der Waals surface area (Å²) in [6.45, 7) is 7.37. The largest absolute Gasteiger partial charge is 0.488 e. The van der Waals surface area contributed by atoms with Crippen LogP contribution in [0.1, 0.15) is 25.1 Å². The van der Waals surface area contributed by atoms with Crippen LogP contribution in [0.3, 0.4) is 0 Å². The predicted molar refractivity (Wildman–Crippen MR) is 103 cm³/mol. The first-order valence-corrected chi connectivity index (χ1v) is 8.99. The van der Waals surface area contributed by atoms with E-state index in [0.717, 1.165) is 32.0 Å². The van der Waals surface area contributed by atoms with Crippen molar-refractivity contribution in [3.8, 4) is 5.75 Å². The summed E-state index contributed by atoms with van der Waals surface area (Å²) in [5.41, 5.74) is 7.64. The highest BCUT2D eigenvalue weighted by Gasteiger charge is 2.22. The standard InChI is InChI=1S/C19H25FN6O/c1-12(2)27-17-8-13(15(21)9-14(17)20)19(22)16-10-18(24-11-23-16)26-6-4-25(3)5-7-26/h8-12,22H,4-7,21H2,1-3H3/p+1. The number of hydrogen-bond acceptors (Lipinski definition) is 6. The number of anilines is 2. The molecule has 2 heterocycles. The number of rotatable bonds is 5. The number of aromatic nitrogens is 2. The lowest BCUT2D eigenvalue weighted by Gasteiger charge is -2.33. The second-order valence-corrected chi connectivity index (χ2v) is 7.00. The lowest BCUT2D eigenvalue weighted by Crippen LogP contribution is -2.45. The highest BCUT2D eigenvalue weighted by atomic mass is 19.1. The van der Waals surface area contributed by atoms with Gasteiger partial charge in [0.2, 0.25) is 5.71 Å². The molecule has 27 heavy (non-hydrogen) atoms. The van der Waals surface area contributed by atoms with Gasteiger partial charge in [-0.2, -0.15) is 0 Å². The number of nitrogens with zero attached hydrogens (tertiary/aromatic N) is 4. The molecule has 0 bridgehead atoms. The van der Waals surface area contributed by atoms with Gasteiger partial charge in [-0.05, 0) is 27.0 Å². The third kappa shape index (κ3) is 4.33. The molecule has 1 aliphatic heterocycles. The quantitative estimate of drug-likeness (QED) is 0.580. The molecule has 0 atom stereocenters. The van der Waals surface area contributed by atoms with Crippen molar-refractivity contribution in [3.63, 3.8) is 0 Å². The van der Waals surface area contributed by atoms with Crippen LogP contribution < -0.4 is 20.8 Å². The summed E-state index contributed by atoms with van der Waals surface area (Å²) in [7, 11) is 2.10. The molecule has 2 aromatic rings. The van der Waals surface area contributed by atoms with Gasteiger partial charge in [0.25, 0.3) is 0 Å². The molecule has 0 aliphatic carbocycles. The summed E-state index contributed by atoms with van der Waals surface area (Å²) in [5.74, 6) is 0.416. The van der Waals surface area contributed by atoms with Gasteiger partial charge in [0, 0.05) is 44.0 Å². The van der Waals surface area contributed by atoms with Crippen LogP contribution in [-0.4, -0.2) is 59.9 Å². The fourth-order valence-electron chi connectivity index (χ4n) is 2.99. The van der Waals surface area contributed by atoms with Gasteiger partial charge < -0.3 is 20.3 Å². The Hall–Kier alpha value is -2.74. The van der Waals surface area contributed by atoms with E-state index in [-0.39, 0.29) is 17.5 Å². The molecule has 1 saturated heterocycles. The van der Waals surface area contributed by atoms with Gasteiger partial charge in [0.15, 0.2) is 11.6 Å². The van der Waals surface area contributed by atoms with Gasteiger partial charge in [-0.15, -0.1) is 0 Å². The SMILES string of the molecule is CC(C)Oc1cc(C(=[NH2+])c2cc(N3CCN(C)CC3)ncn2)c(N)cc1F.